The number of carbonyl (C=O) groups excluding carboxylic acids is 1. The summed E-state index contributed by atoms with van der Waals surface area (Å²) in [4.78, 5) is 11.8. The van der Waals surface area contributed by atoms with Crippen molar-refractivity contribution in [1.82, 2.24) is 5.32 Å². The minimum atomic E-state index is 0.168. The Morgan fingerprint density at radius 1 is 1.29 bits per heavy atom. The van der Waals surface area contributed by atoms with Crippen LogP contribution < -0.4 is 5.32 Å². The number of hydrogen-bond acceptors (Lipinski definition) is 1. The topological polar surface area (TPSA) is 29.1 Å². The molecule has 3 atom stereocenters. The van der Waals surface area contributed by atoms with Gasteiger partial charge < -0.3 is 5.32 Å². The number of piperidine rings is 1. The lowest BCUT2D eigenvalue weighted by Crippen LogP contribution is -2.58. The van der Waals surface area contributed by atoms with Crippen molar-refractivity contribution in [2.45, 2.75) is 47.6 Å². The number of hydrogen-bond donors (Lipinski definition) is 1. The van der Waals surface area contributed by atoms with Gasteiger partial charge in [0, 0.05) is 12.0 Å². The summed E-state index contributed by atoms with van der Waals surface area (Å²) < 4.78 is 0. The molecule has 1 rings (SSSR count). The van der Waals surface area contributed by atoms with E-state index in [4.69, 9.17) is 0 Å². The maximum absolute atomic E-state index is 11.8. The van der Waals surface area contributed by atoms with E-state index in [2.05, 4.69) is 46.9 Å². The maximum Gasteiger partial charge on any atom is 0.223 e. The second-order valence-electron chi connectivity index (χ2n) is 5.61. The lowest BCUT2D eigenvalue weighted by atomic mass is 9.63. The average molecular weight is 197 g/mol. The lowest BCUT2D eigenvalue weighted by Gasteiger charge is -2.47. The molecule has 1 fully saturated rings. The summed E-state index contributed by atoms with van der Waals surface area (Å²) in [6.45, 7) is 13.1. The predicted molar refractivity (Wildman–Crippen MR) is 58.9 cm³/mol. The molecule has 0 aromatic rings. The zero-order valence-electron chi connectivity index (χ0n) is 10.2. The van der Waals surface area contributed by atoms with Crippen molar-refractivity contribution in [3.05, 3.63) is 0 Å². The second kappa shape index (κ2) is 3.56. The highest BCUT2D eigenvalue weighted by atomic mass is 16.2. The average Bonchev–Trinajstić information content (AvgIpc) is 2.00. The van der Waals surface area contributed by atoms with Crippen molar-refractivity contribution < 1.29 is 4.79 Å². The summed E-state index contributed by atoms with van der Waals surface area (Å²) in [7, 11) is 0. The van der Waals surface area contributed by atoms with Crippen LogP contribution in [0.5, 0.6) is 0 Å². The Hall–Kier alpha value is -0.530. The molecule has 0 aromatic heterocycles. The molecule has 0 bridgehead atoms. The third kappa shape index (κ3) is 1.67. The standard InChI is InChI=1S/C12H23NO/c1-7(2)10-8(3)12(5,6)9(4)13-11(10)14/h7-10H,1-6H3,(H,13,14). The van der Waals surface area contributed by atoms with Gasteiger partial charge in [-0.3, -0.25) is 4.79 Å². The van der Waals surface area contributed by atoms with E-state index in [1.807, 2.05) is 0 Å². The Kier molecular flexibility index (Phi) is 2.93. The highest BCUT2D eigenvalue weighted by Crippen LogP contribution is 2.41. The third-order valence-electron chi connectivity index (χ3n) is 4.21. The van der Waals surface area contributed by atoms with Crippen LogP contribution in [0.2, 0.25) is 0 Å². The van der Waals surface area contributed by atoms with Crippen molar-refractivity contribution in [2.24, 2.45) is 23.2 Å². The highest BCUT2D eigenvalue weighted by Gasteiger charge is 2.45. The third-order valence-corrected chi connectivity index (χ3v) is 4.21. The van der Waals surface area contributed by atoms with E-state index >= 15 is 0 Å². The Morgan fingerprint density at radius 2 is 1.79 bits per heavy atom. The molecule has 0 aromatic carbocycles. The quantitative estimate of drug-likeness (QED) is 0.687. The molecule has 1 aliphatic rings. The van der Waals surface area contributed by atoms with E-state index in [1.165, 1.54) is 0 Å². The molecular weight excluding hydrogens is 174 g/mol. The molecule has 14 heavy (non-hydrogen) atoms. The Labute approximate surface area is 87.5 Å². The van der Waals surface area contributed by atoms with Gasteiger partial charge in [0.15, 0.2) is 0 Å². The van der Waals surface area contributed by atoms with Crippen LogP contribution in [0.15, 0.2) is 0 Å². The molecular formula is C12H23NO. The first-order valence-electron chi connectivity index (χ1n) is 5.58. The summed E-state index contributed by atoms with van der Waals surface area (Å²) in [5.74, 6) is 1.28. The van der Waals surface area contributed by atoms with Crippen LogP contribution in [0.25, 0.3) is 0 Å². The number of rotatable bonds is 1. The Bertz CT molecular complexity index is 232. The van der Waals surface area contributed by atoms with E-state index in [0.717, 1.165) is 0 Å². The second-order valence-corrected chi connectivity index (χ2v) is 5.61. The summed E-state index contributed by atoms with van der Waals surface area (Å²) in [5.41, 5.74) is 0.197. The van der Waals surface area contributed by atoms with Gasteiger partial charge in [-0.05, 0) is 24.2 Å². The maximum atomic E-state index is 11.8. The SMILES string of the molecule is CC(C)C1C(=O)NC(C)C(C)(C)C1C. The molecule has 0 spiro atoms. The van der Waals surface area contributed by atoms with Gasteiger partial charge in [0.25, 0.3) is 0 Å². The van der Waals surface area contributed by atoms with Gasteiger partial charge in [0.2, 0.25) is 5.91 Å². The minimum Gasteiger partial charge on any atom is -0.353 e. The molecule has 2 heteroatoms. The predicted octanol–water partition coefficient (Wildman–Crippen LogP) is 2.44. The smallest absolute Gasteiger partial charge is 0.223 e. The van der Waals surface area contributed by atoms with E-state index < -0.39 is 0 Å². The monoisotopic (exact) mass is 197 g/mol. The summed E-state index contributed by atoms with van der Waals surface area (Å²) in [6, 6.07) is 0.278. The van der Waals surface area contributed by atoms with Crippen molar-refractivity contribution in [2.75, 3.05) is 0 Å². The first kappa shape index (κ1) is 11.5. The summed E-state index contributed by atoms with van der Waals surface area (Å²) in [6.07, 6.45) is 0. The molecule has 0 saturated carbocycles. The van der Waals surface area contributed by atoms with Crippen molar-refractivity contribution in [3.63, 3.8) is 0 Å². The molecule has 2 nitrogen and oxygen atoms in total. The number of amides is 1. The number of carbonyl (C=O) groups is 1. The molecule has 3 unspecified atom stereocenters. The zero-order chi connectivity index (χ0) is 11.1. The van der Waals surface area contributed by atoms with Gasteiger partial charge in [-0.25, -0.2) is 0 Å². The van der Waals surface area contributed by atoms with Gasteiger partial charge in [-0.2, -0.15) is 0 Å². The number of nitrogens with one attached hydrogen (secondary N) is 1. The van der Waals surface area contributed by atoms with E-state index in [1.54, 1.807) is 0 Å². The highest BCUT2D eigenvalue weighted by molar-refractivity contribution is 5.80. The molecule has 1 saturated heterocycles. The van der Waals surface area contributed by atoms with E-state index in [0.29, 0.717) is 11.8 Å². The summed E-state index contributed by atoms with van der Waals surface area (Å²) in [5, 5.41) is 3.09. The van der Waals surface area contributed by atoms with Crippen LogP contribution in [0.3, 0.4) is 0 Å². The first-order valence-corrected chi connectivity index (χ1v) is 5.58. The van der Waals surface area contributed by atoms with Crippen LogP contribution in [0.1, 0.15) is 41.5 Å². The van der Waals surface area contributed by atoms with Crippen LogP contribution in [0, 0.1) is 23.2 Å². The largest absolute Gasteiger partial charge is 0.353 e. The molecule has 82 valence electrons. The van der Waals surface area contributed by atoms with Crippen LogP contribution in [-0.2, 0) is 4.79 Å². The van der Waals surface area contributed by atoms with Gasteiger partial charge in [-0.1, -0.05) is 34.6 Å². The molecule has 1 N–H and O–H groups in total. The van der Waals surface area contributed by atoms with Crippen LogP contribution in [-0.4, -0.2) is 11.9 Å². The normalized spacial score (nSPS) is 37.1. The minimum absolute atomic E-state index is 0.168. The molecule has 0 aliphatic carbocycles. The Morgan fingerprint density at radius 3 is 2.21 bits per heavy atom. The molecule has 1 aliphatic heterocycles. The van der Waals surface area contributed by atoms with Crippen molar-refractivity contribution in [1.29, 1.82) is 0 Å². The van der Waals surface area contributed by atoms with Gasteiger partial charge >= 0.3 is 0 Å². The molecule has 1 amide bonds. The molecule has 0 radical (unpaired) electrons. The first-order chi connectivity index (χ1) is 6.28. The van der Waals surface area contributed by atoms with Gasteiger partial charge in [0.05, 0.1) is 0 Å². The van der Waals surface area contributed by atoms with Crippen molar-refractivity contribution in [3.8, 4) is 0 Å². The van der Waals surface area contributed by atoms with Gasteiger partial charge in [-0.15, -0.1) is 0 Å². The lowest BCUT2D eigenvalue weighted by molar-refractivity contribution is -0.137. The summed E-state index contributed by atoms with van der Waals surface area (Å²) >= 11 is 0. The van der Waals surface area contributed by atoms with E-state index in [-0.39, 0.29) is 23.3 Å². The van der Waals surface area contributed by atoms with Crippen molar-refractivity contribution >= 4 is 5.91 Å². The Balaban J connectivity index is 2.95. The van der Waals surface area contributed by atoms with Gasteiger partial charge in [0.1, 0.15) is 0 Å². The fraction of sp³-hybridized carbons (Fsp3) is 0.917. The van der Waals surface area contributed by atoms with E-state index in [9.17, 15) is 4.79 Å². The molecule has 1 heterocycles. The van der Waals surface area contributed by atoms with Crippen LogP contribution in [0.4, 0.5) is 0 Å². The zero-order valence-corrected chi connectivity index (χ0v) is 10.2. The van der Waals surface area contributed by atoms with Crippen LogP contribution >= 0.6 is 0 Å². The fourth-order valence-electron chi connectivity index (χ4n) is 2.46. The fourth-order valence-corrected chi connectivity index (χ4v) is 2.46.